The molecule has 0 amide bonds. The van der Waals surface area contributed by atoms with E-state index in [9.17, 15) is 0 Å². The Morgan fingerprint density at radius 3 is 1.82 bits per heavy atom. The largest absolute Gasteiger partial charge is 0.315 e. The zero-order valence-corrected chi connectivity index (χ0v) is 8.73. The molecule has 2 heteroatoms. The van der Waals surface area contributed by atoms with Gasteiger partial charge < -0.3 is 10.2 Å². The van der Waals surface area contributed by atoms with E-state index in [1.807, 2.05) is 7.05 Å². The van der Waals surface area contributed by atoms with Crippen LogP contribution >= 0.6 is 0 Å². The number of nitrogens with one attached hydrogen (secondary N) is 1. The van der Waals surface area contributed by atoms with Crippen molar-refractivity contribution in [1.82, 2.24) is 10.2 Å². The molecule has 0 bridgehead atoms. The lowest BCUT2D eigenvalue weighted by Gasteiger charge is -2.32. The Hall–Kier alpha value is -0.0800. The van der Waals surface area contributed by atoms with Gasteiger partial charge in [-0.15, -0.1) is 0 Å². The topological polar surface area (TPSA) is 15.3 Å². The van der Waals surface area contributed by atoms with Gasteiger partial charge in [0.15, 0.2) is 0 Å². The summed E-state index contributed by atoms with van der Waals surface area (Å²) in [6, 6.07) is 0.567. The van der Waals surface area contributed by atoms with Gasteiger partial charge in [-0.2, -0.15) is 0 Å². The first-order valence-corrected chi connectivity index (χ1v) is 4.20. The first kappa shape index (κ1) is 10.9. The van der Waals surface area contributed by atoms with Gasteiger partial charge in [0.25, 0.3) is 0 Å². The molecule has 1 atom stereocenters. The van der Waals surface area contributed by atoms with Crippen molar-refractivity contribution in [3.8, 4) is 0 Å². The molecule has 0 rings (SSSR count). The van der Waals surface area contributed by atoms with E-state index in [1.54, 1.807) is 0 Å². The van der Waals surface area contributed by atoms with Crippen molar-refractivity contribution in [2.45, 2.75) is 26.8 Å². The highest BCUT2D eigenvalue weighted by molar-refractivity contribution is 4.80. The number of hydrogen-bond acceptors (Lipinski definition) is 2. The van der Waals surface area contributed by atoms with Crippen LogP contribution in [0.5, 0.6) is 0 Å². The molecule has 0 aliphatic carbocycles. The third kappa shape index (κ3) is 4.38. The molecule has 2 nitrogen and oxygen atoms in total. The van der Waals surface area contributed by atoms with Crippen LogP contribution in [0.25, 0.3) is 0 Å². The summed E-state index contributed by atoms with van der Waals surface area (Å²) in [5.74, 6) is 0. The summed E-state index contributed by atoms with van der Waals surface area (Å²) in [4.78, 5) is 2.21. The molecule has 0 fully saturated rings. The summed E-state index contributed by atoms with van der Waals surface area (Å²) in [5, 5.41) is 3.33. The van der Waals surface area contributed by atoms with Gasteiger partial charge in [-0.05, 0) is 26.6 Å². The van der Waals surface area contributed by atoms with Crippen molar-refractivity contribution in [3.63, 3.8) is 0 Å². The zero-order valence-electron chi connectivity index (χ0n) is 8.73. The molecule has 0 aromatic carbocycles. The first-order valence-electron chi connectivity index (χ1n) is 4.20. The predicted molar refractivity (Wildman–Crippen MR) is 50.9 cm³/mol. The lowest BCUT2D eigenvalue weighted by molar-refractivity contribution is 0.222. The van der Waals surface area contributed by atoms with Gasteiger partial charge in [0.05, 0.1) is 0 Å². The summed E-state index contributed by atoms with van der Waals surface area (Å²) in [5.41, 5.74) is 0.346. The van der Waals surface area contributed by atoms with E-state index in [4.69, 9.17) is 0 Å². The number of likely N-dealkylation sites (N-methyl/N-ethyl adjacent to an activating group) is 2. The van der Waals surface area contributed by atoms with Crippen molar-refractivity contribution in [1.29, 1.82) is 0 Å². The van der Waals surface area contributed by atoms with E-state index in [1.165, 1.54) is 0 Å². The Morgan fingerprint density at radius 1 is 1.27 bits per heavy atom. The van der Waals surface area contributed by atoms with Crippen molar-refractivity contribution >= 4 is 0 Å². The highest BCUT2D eigenvalue weighted by Gasteiger charge is 2.22. The summed E-state index contributed by atoms with van der Waals surface area (Å²) < 4.78 is 0. The van der Waals surface area contributed by atoms with Crippen LogP contribution in [-0.2, 0) is 0 Å². The second-order valence-corrected chi connectivity index (χ2v) is 4.47. The fraction of sp³-hybridized carbons (Fsp3) is 1.00. The highest BCUT2D eigenvalue weighted by Crippen LogP contribution is 2.18. The van der Waals surface area contributed by atoms with E-state index >= 15 is 0 Å². The molecule has 0 heterocycles. The average molecular weight is 158 g/mol. The predicted octanol–water partition coefficient (Wildman–Crippen LogP) is 1.18. The van der Waals surface area contributed by atoms with Crippen LogP contribution < -0.4 is 5.32 Å². The molecule has 0 aromatic heterocycles. The minimum atomic E-state index is 0.346. The van der Waals surface area contributed by atoms with Crippen LogP contribution in [0.2, 0.25) is 0 Å². The molecular weight excluding hydrogens is 136 g/mol. The maximum absolute atomic E-state index is 3.33. The van der Waals surface area contributed by atoms with Crippen molar-refractivity contribution in [2.24, 2.45) is 5.41 Å². The molecule has 0 saturated heterocycles. The summed E-state index contributed by atoms with van der Waals surface area (Å²) >= 11 is 0. The van der Waals surface area contributed by atoms with Gasteiger partial charge in [-0.25, -0.2) is 0 Å². The normalized spacial score (nSPS) is 15.5. The van der Waals surface area contributed by atoms with Crippen molar-refractivity contribution in [2.75, 3.05) is 27.7 Å². The third-order valence-corrected chi connectivity index (χ3v) is 1.94. The molecule has 1 unspecified atom stereocenters. The second-order valence-electron chi connectivity index (χ2n) is 4.47. The van der Waals surface area contributed by atoms with Crippen LogP contribution in [0.1, 0.15) is 20.8 Å². The molecule has 11 heavy (non-hydrogen) atoms. The minimum absolute atomic E-state index is 0.346. The quantitative estimate of drug-likeness (QED) is 0.663. The molecule has 0 spiro atoms. The van der Waals surface area contributed by atoms with Crippen LogP contribution in [0.15, 0.2) is 0 Å². The van der Waals surface area contributed by atoms with Crippen LogP contribution in [0.4, 0.5) is 0 Å². The highest BCUT2D eigenvalue weighted by atomic mass is 15.1. The molecule has 1 N–H and O–H groups in total. The maximum atomic E-state index is 3.33. The summed E-state index contributed by atoms with van der Waals surface area (Å²) in [6.07, 6.45) is 0. The van der Waals surface area contributed by atoms with Gasteiger partial charge in [-0.3, -0.25) is 0 Å². The molecule has 68 valence electrons. The fourth-order valence-electron chi connectivity index (χ4n) is 1.16. The fourth-order valence-corrected chi connectivity index (χ4v) is 1.16. The molecule has 0 radical (unpaired) electrons. The monoisotopic (exact) mass is 158 g/mol. The van der Waals surface area contributed by atoms with E-state index in [2.05, 4.69) is 45.1 Å². The maximum Gasteiger partial charge on any atom is 0.0240 e. The molecule has 0 saturated carbocycles. The summed E-state index contributed by atoms with van der Waals surface area (Å²) in [7, 11) is 6.24. The smallest absolute Gasteiger partial charge is 0.0240 e. The lowest BCUT2D eigenvalue weighted by atomic mass is 9.86. The van der Waals surface area contributed by atoms with Crippen molar-refractivity contribution < 1.29 is 0 Å². The Labute approximate surface area is 71.0 Å². The molecular formula is C9H22N2. The Morgan fingerprint density at radius 2 is 1.73 bits per heavy atom. The standard InChI is InChI=1S/C9H22N2/c1-9(2,3)8(10-4)7-11(5)6/h8,10H,7H2,1-6H3. The van der Waals surface area contributed by atoms with Gasteiger partial charge in [0, 0.05) is 12.6 Å². The van der Waals surface area contributed by atoms with Crippen LogP contribution in [0.3, 0.4) is 0 Å². The Bertz CT molecular complexity index is 103. The first-order chi connectivity index (χ1) is 4.88. The van der Waals surface area contributed by atoms with Gasteiger partial charge in [0.1, 0.15) is 0 Å². The van der Waals surface area contributed by atoms with Crippen LogP contribution in [-0.4, -0.2) is 38.6 Å². The number of nitrogens with zero attached hydrogens (tertiary/aromatic N) is 1. The molecule has 0 aliphatic rings. The summed E-state index contributed by atoms with van der Waals surface area (Å²) in [6.45, 7) is 7.88. The van der Waals surface area contributed by atoms with E-state index in [0.29, 0.717) is 11.5 Å². The number of rotatable bonds is 3. The molecule has 0 aliphatic heterocycles. The zero-order chi connectivity index (χ0) is 9.07. The minimum Gasteiger partial charge on any atom is -0.315 e. The van der Waals surface area contributed by atoms with Gasteiger partial charge >= 0.3 is 0 Å². The number of hydrogen-bond donors (Lipinski definition) is 1. The molecule has 0 aromatic rings. The average Bonchev–Trinajstić information content (AvgIpc) is 1.79. The third-order valence-electron chi connectivity index (χ3n) is 1.94. The van der Waals surface area contributed by atoms with Crippen molar-refractivity contribution in [3.05, 3.63) is 0 Å². The Balaban J connectivity index is 3.96. The van der Waals surface area contributed by atoms with E-state index in [0.717, 1.165) is 6.54 Å². The van der Waals surface area contributed by atoms with Gasteiger partial charge in [-0.1, -0.05) is 20.8 Å². The second kappa shape index (κ2) is 4.07. The lowest BCUT2D eigenvalue weighted by Crippen LogP contribution is -2.45. The van der Waals surface area contributed by atoms with E-state index in [-0.39, 0.29) is 0 Å². The van der Waals surface area contributed by atoms with E-state index < -0.39 is 0 Å². The SMILES string of the molecule is CNC(CN(C)C)C(C)(C)C. The van der Waals surface area contributed by atoms with Gasteiger partial charge in [0.2, 0.25) is 0 Å². The Kier molecular flexibility index (Phi) is 4.04. The van der Waals surface area contributed by atoms with Crippen LogP contribution in [0, 0.1) is 5.41 Å².